The molecule has 0 amide bonds. The van der Waals surface area contributed by atoms with Crippen molar-refractivity contribution in [2.24, 2.45) is 12.0 Å². The lowest BCUT2D eigenvalue weighted by Gasteiger charge is -2.19. The van der Waals surface area contributed by atoms with E-state index in [4.69, 9.17) is 4.74 Å². The maximum absolute atomic E-state index is 6.14. The highest BCUT2D eigenvalue weighted by Crippen LogP contribution is 2.25. The van der Waals surface area contributed by atoms with Gasteiger partial charge in [0, 0.05) is 44.1 Å². The van der Waals surface area contributed by atoms with E-state index in [1.807, 2.05) is 17.8 Å². The summed E-state index contributed by atoms with van der Waals surface area (Å²) in [6, 6.07) is 4.24. The van der Waals surface area contributed by atoms with Crippen molar-refractivity contribution in [3.05, 3.63) is 40.8 Å². The number of pyridine rings is 1. The highest BCUT2D eigenvalue weighted by atomic mass is 127. The first-order chi connectivity index (χ1) is 14.0. The van der Waals surface area contributed by atoms with E-state index in [-0.39, 0.29) is 30.0 Å². The van der Waals surface area contributed by atoms with Crippen LogP contribution in [0.5, 0.6) is 5.88 Å². The van der Waals surface area contributed by atoms with E-state index in [9.17, 15) is 0 Å². The maximum Gasteiger partial charge on any atom is 0.218 e. The molecular weight excluding hydrogens is 491 g/mol. The molecule has 8 heteroatoms. The van der Waals surface area contributed by atoms with Gasteiger partial charge < -0.3 is 15.4 Å². The molecule has 3 rings (SSSR count). The van der Waals surface area contributed by atoms with Gasteiger partial charge in [0.1, 0.15) is 6.10 Å². The van der Waals surface area contributed by atoms with E-state index in [0.717, 1.165) is 42.4 Å². The first kappa shape index (κ1) is 24.4. The predicted molar refractivity (Wildman–Crippen MR) is 132 cm³/mol. The number of rotatable bonds is 7. The summed E-state index contributed by atoms with van der Waals surface area (Å²) < 4.78 is 8.08. The summed E-state index contributed by atoms with van der Waals surface area (Å²) in [6.45, 7) is 6.96. The second kappa shape index (κ2) is 11.5. The molecule has 0 saturated heterocycles. The summed E-state index contributed by atoms with van der Waals surface area (Å²) in [4.78, 5) is 8.83. The minimum atomic E-state index is 0. The molecule has 1 fully saturated rings. The van der Waals surface area contributed by atoms with Crippen LogP contribution in [0.2, 0.25) is 0 Å². The number of aryl methyl sites for hydroxylation is 2. The molecule has 1 saturated carbocycles. The summed E-state index contributed by atoms with van der Waals surface area (Å²) in [7, 11) is 3.78. The summed E-state index contributed by atoms with van der Waals surface area (Å²) in [6.07, 6.45) is 7.72. The van der Waals surface area contributed by atoms with Gasteiger partial charge in [-0.3, -0.25) is 9.67 Å². The van der Waals surface area contributed by atoms with Gasteiger partial charge in [0.05, 0.1) is 5.69 Å². The zero-order valence-corrected chi connectivity index (χ0v) is 21.1. The Morgan fingerprint density at radius 1 is 1.33 bits per heavy atom. The van der Waals surface area contributed by atoms with Gasteiger partial charge in [-0.25, -0.2) is 4.98 Å². The number of aliphatic imine (C=N–C) groups is 1. The van der Waals surface area contributed by atoms with E-state index in [1.165, 1.54) is 24.1 Å². The van der Waals surface area contributed by atoms with Crippen LogP contribution in [0.15, 0.2) is 23.3 Å². The van der Waals surface area contributed by atoms with Crippen LogP contribution in [-0.4, -0.2) is 39.9 Å². The molecule has 1 aliphatic rings. The Kier molecular flexibility index (Phi) is 9.38. The standard InChI is InChI=1S/C22H34N6O.HI/c1-15(13-20-16(2)27-28(5)17(20)3)26-22(23-4)25-14-18-9-8-12-24-21(18)29-19-10-6-7-11-19;/h8-9,12,15,19H,6-7,10-11,13-14H2,1-5H3,(H2,23,25,26);1H. The lowest BCUT2D eigenvalue weighted by Crippen LogP contribution is -2.42. The third kappa shape index (κ3) is 6.33. The molecule has 0 aliphatic heterocycles. The number of nitrogens with zero attached hydrogens (tertiary/aromatic N) is 4. The fraction of sp³-hybridized carbons (Fsp3) is 0.591. The van der Waals surface area contributed by atoms with Crippen molar-refractivity contribution in [3.8, 4) is 5.88 Å². The van der Waals surface area contributed by atoms with Gasteiger partial charge in [0.25, 0.3) is 0 Å². The van der Waals surface area contributed by atoms with E-state index in [1.54, 1.807) is 13.2 Å². The molecule has 1 aliphatic carbocycles. The molecule has 1 atom stereocenters. The summed E-state index contributed by atoms with van der Waals surface area (Å²) in [5, 5.41) is 11.4. The Morgan fingerprint density at radius 3 is 2.70 bits per heavy atom. The Morgan fingerprint density at radius 2 is 2.07 bits per heavy atom. The molecule has 0 radical (unpaired) electrons. The van der Waals surface area contributed by atoms with Gasteiger partial charge in [-0.2, -0.15) is 5.10 Å². The van der Waals surface area contributed by atoms with E-state index in [2.05, 4.69) is 52.5 Å². The van der Waals surface area contributed by atoms with Crippen molar-refractivity contribution in [1.29, 1.82) is 0 Å². The second-order valence-corrected chi connectivity index (χ2v) is 7.94. The summed E-state index contributed by atoms with van der Waals surface area (Å²) in [5.74, 6) is 1.50. The van der Waals surface area contributed by atoms with Gasteiger partial charge in [-0.15, -0.1) is 24.0 Å². The zero-order valence-electron chi connectivity index (χ0n) is 18.7. The highest BCUT2D eigenvalue weighted by Gasteiger charge is 2.19. The number of ether oxygens (including phenoxy) is 1. The molecule has 7 nitrogen and oxygen atoms in total. The monoisotopic (exact) mass is 526 g/mol. The van der Waals surface area contributed by atoms with Crippen LogP contribution in [0.3, 0.4) is 0 Å². The van der Waals surface area contributed by atoms with Gasteiger partial charge in [-0.1, -0.05) is 6.07 Å². The Hall–Kier alpha value is -1.84. The van der Waals surface area contributed by atoms with Crippen LogP contribution in [0.25, 0.3) is 0 Å². The number of guanidine groups is 1. The molecule has 30 heavy (non-hydrogen) atoms. The van der Waals surface area contributed by atoms with E-state index >= 15 is 0 Å². The average Bonchev–Trinajstić information content (AvgIpc) is 3.30. The summed E-state index contributed by atoms with van der Waals surface area (Å²) in [5.41, 5.74) is 4.64. The Balaban J connectivity index is 0.00000320. The minimum Gasteiger partial charge on any atom is -0.474 e. The quantitative estimate of drug-likeness (QED) is 0.327. The maximum atomic E-state index is 6.14. The lowest BCUT2D eigenvalue weighted by atomic mass is 10.1. The molecule has 166 valence electrons. The first-order valence-electron chi connectivity index (χ1n) is 10.5. The topological polar surface area (TPSA) is 76.4 Å². The normalized spacial score (nSPS) is 15.6. The molecule has 0 bridgehead atoms. The van der Waals surface area contributed by atoms with Crippen molar-refractivity contribution in [2.45, 2.75) is 71.6 Å². The Labute approximate surface area is 197 Å². The largest absolute Gasteiger partial charge is 0.474 e. The van der Waals surface area contributed by atoms with Crippen LogP contribution in [0.4, 0.5) is 0 Å². The minimum absolute atomic E-state index is 0. The van der Waals surface area contributed by atoms with Crippen LogP contribution in [-0.2, 0) is 20.0 Å². The first-order valence-corrected chi connectivity index (χ1v) is 10.5. The van der Waals surface area contributed by atoms with Gasteiger partial charge in [-0.05, 0) is 64.5 Å². The molecule has 0 spiro atoms. The molecular formula is C22H35IN6O. The van der Waals surface area contributed by atoms with Crippen molar-refractivity contribution in [2.75, 3.05) is 7.05 Å². The predicted octanol–water partition coefficient (Wildman–Crippen LogP) is 3.67. The van der Waals surface area contributed by atoms with Crippen LogP contribution in [0.1, 0.15) is 55.1 Å². The van der Waals surface area contributed by atoms with E-state index in [0.29, 0.717) is 12.6 Å². The number of nitrogens with one attached hydrogen (secondary N) is 2. The molecule has 2 N–H and O–H groups in total. The Bertz CT molecular complexity index is 844. The smallest absolute Gasteiger partial charge is 0.218 e. The van der Waals surface area contributed by atoms with Crippen LogP contribution in [0, 0.1) is 13.8 Å². The zero-order chi connectivity index (χ0) is 20.8. The SMILES string of the molecule is CN=C(NCc1cccnc1OC1CCCC1)NC(C)Cc1c(C)nn(C)c1C.I. The van der Waals surface area contributed by atoms with Gasteiger partial charge >= 0.3 is 0 Å². The van der Waals surface area contributed by atoms with Crippen molar-refractivity contribution >= 4 is 29.9 Å². The number of halogens is 1. The number of aromatic nitrogens is 3. The van der Waals surface area contributed by atoms with Crippen molar-refractivity contribution < 1.29 is 4.74 Å². The molecule has 0 aromatic carbocycles. The fourth-order valence-electron chi connectivity index (χ4n) is 3.91. The summed E-state index contributed by atoms with van der Waals surface area (Å²) >= 11 is 0. The van der Waals surface area contributed by atoms with E-state index < -0.39 is 0 Å². The average molecular weight is 526 g/mol. The second-order valence-electron chi connectivity index (χ2n) is 7.94. The van der Waals surface area contributed by atoms with Gasteiger partial charge in [0.2, 0.25) is 5.88 Å². The highest BCUT2D eigenvalue weighted by molar-refractivity contribution is 14.0. The third-order valence-electron chi connectivity index (χ3n) is 5.65. The lowest BCUT2D eigenvalue weighted by molar-refractivity contribution is 0.199. The molecule has 2 aromatic rings. The number of hydrogen-bond acceptors (Lipinski definition) is 4. The third-order valence-corrected chi connectivity index (χ3v) is 5.65. The molecule has 2 aromatic heterocycles. The fourth-order valence-corrected chi connectivity index (χ4v) is 3.91. The van der Waals surface area contributed by atoms with Crippen molar-refractivity contribution in [1.82, 2.24) is 25.4 Å². The van der Waals surface area contributed by atoms with Crippen LogP contribution < -0.4 is 15.4 Å². The molecule has 2 heterocycles. The van der Waals surface area contributed by atoms with Crippen LogP contribution >= 0.6 is 24.0 Å². The number of hydrogen-bond donors (Lipinski definition) is 2. The van der Waals surface area contributed by atoms with Crippen molar-refractivity contribution in [3.63, 3.8) is 0 Å². The molecule has 1 unspecified atom stereocenters. The van der Waals surface area contributed by atoms with Gasteiger partial charge in [0.15, 0.2) is 5.96 Å².